The third-order valence-electron chi connectivity index (χ3n) is 3.19. The maximum atomic E-state index is 12.3. The monoisotopic (exact) mass is 269 g/mol. The molecule has 1 aliphatic heterocycles. The van der Waals surface area contributed by atoms with Crippen LogP contribution in [0.1, 0.15) is 20.7 Å². The molecule has 0 saturated carbocycles. The molecule has 0 unspecified atom stereocenters. The number of anilines is 1. The smallest absolute Gasteiger partial charge is 0.280 e. The van der Waals surface area contributed by atoms with E-state index in [4.69, 9.17) is 0 Å². The molecule has 1 aliphatic rings. The molecule has 0 saturated heterocycles. The van der Waals surface area contributed by atoms with Gasteiger partial charge in [-0.2, -0.15) is 5.01 Å². The highest BCUT2D eigenvalue weighted by atomic mass is 16.3. The lowest BCUT2D eigenvalue weighted by molar-refractivity contribution is 0.0644. The molecule has 2 amide bonds. The van der Waals surface area contributed by atoms with Gasteiger partial charge in [-0.3, -0.25) is 19.6 Å². The van der Waals surface area contributed by atoms with Crippen molar-refractivity contribution in [2.24, 2.45) is 0 Å². The zero-order valence-electron chi connectivity index (χ0n) is 10.6. The number of nitrogens with zero attached hydrogens (tertiary/aromatic N) is 3. The van der Waals surface area contributed by atoms with Gasteiger partial charge in [0.15, 0.2) is 0 Å². The summed E-state index contributed by atoms with van der Waals surface area (Å²) in [6.45, 7) is 0. The van der Waals surface area contributed by atoms with Crippen molar-refractivity contribution in [3.63, 3.8) is 0 Å². The number of aromatic hydroxyl groups is 1. The van der Waals surface area contributed by atoms with Crippen molar-refractivity contribution in [1.29, 1.82) is 0 Å². The van der Waals surface area contributed by atoms with Crippen molar-refractivity contribution in [2.75, 3.05) is 12.1 Å². The van der Waals surface area contributed by atoms with Gasteiger partial charge in [0.25, 0.3) is 11.8 Å². The maximum absolute atomic E-state index is 12.3. The molecule has 1 N–H and O–H groups in total. The number of hydrogen-bond acceptors (Lipinski definition) is 5. The van der Waals surface area contributed by atoms with E-state index in [0.29, 0.717) is 5.69 Å². The van der Waals surface area contributed by atoms with E-state index >= 15 is 0 Å². The molecule has 2 aromatic rings. The number of imide groups is 1. The normalized spacial score (nSPS) is 13.6. The maximum Gasteiger partial charge on any atom is 0.280 e. The first-order valence-electron chi connectivity index (χ1n) is 5.95. The van der Waals surface area contributed by atoms with Gasteiger partial charge in [-0.25, -0.2) is 0 Å². The van der Waals surface area contributed by atoms with E-state index in [0.717, 1.165) is 5.01 Å². The van der Waals surface area contributed by atoms with Crippen LogP contribution >= 0.6 is 0 Å². The number of phenols is 1. The molecule has 6 nitrogen and oxygen atoms in total. The second-order valence-corrected chi connectivity index (χ2v) is 4.38. The van der Waals surface area contributed by atoms with Crippen LogP contribution in [0.5, 0.6) is 5.75 Å². The van der Waals surface area contributed by atoms with Gasteiger partial charge in [0.05, 0.1) is 16.8 Å². The predicted octanol–water partition coefficient (Wildman–Crippen LogP) is 1.43. The van der Waals surface area contributed by atoms with E-state index in [2.05, 4.69) is 4.98 Å². The average Bonchev–Trinajstić information content (AvgIpc) is 2.71. The van der Waals surface area contributed by atoms with Gasteiger partial charge in [-0.1, -0.05) is 0 Å². The van der Waals surface area contributed by atoms with Gasteiger partial charge < -0.3 is 5.11 Å². The van der Waals surface area contributed by atoms with E-state index in [-0.39, 0.29) is 16.9 Å². The third kappa shape index (κ3) is 1.70. The number of hydrazine groups is 1. The Morgan fingerprint density at radius 3 is 2.40 bits per heavy atom. The number of fused-ring (bicyclic) bond motifs is 1. The number of rotatable bonds is 2. The molecular weight excluding hydrogens is 258 g/mol. The molecule has 0 spiro atoms. The minimum Gasteiger partial charge on any atom is -0.508 e. The third-order valence-corrected chi connectivity index (χ3v) is 3.19. The lowest BCUT2D eigenvalue weighted by Crippen LogP contribution is -2.44. The predicted molar refractivity (Wildman–Crippen MR) is 71.2 cm³/mol. The van der Waals surface area contributed by atoms with Crippen molar-refractivity contribution in [1.82, 2.24) is 9.99 Å². The number of pyridine rings is 1. The lowest BCUT2D eigenvalue weighted by Gasteiger charge is -2.27. The molecule has 0 fully saturated rings. The van der Waals surface area contributed by atoms with Crippen molar-refractivity contribution >= 4 is 17.5 Å². The molecule has 1 aromatic heterocycles. The van der Waals surface area contributed by atoms with Crippen LogP contribution in [0.3, 0.4) is 0 Å². The highest BCUT2D eigenvalue weighted by molar-refractivity contribution is 6.22. The van der Waals surface area contributed by atoms with Crippen LogP contribution in [-0.4, -0.2) is 34.0 Å². The molecule has 20 heavy (non-hydrogen) atoms. The number of phenolic OH excluding ortho intramolecular Hbond substituents is 1. The number of carbonyl (C=O) groups is 2. The Labute approximate surface area is 114 Å². The Kier molecular flexibility index (Phi) is 2.64. The first-order valence-corrected chi connectivity index (χ1v) is 5.95. The second-order valence-electron chi connectivity index (χ2n) is 4.38. The Hall–Kier alpha value is -2.89. The number of amides is 2. The number of hydrogen-bond donors (Lipinski definition) is 1. The summed E-state index contributed by atoms with van der Waals surface area (Å²) in [5.41, 5.74) is 1.16. The van der Waals surface area contributed by atoms with Crippen LogP contribution in [0.25, 0.3) is 0 Å². The van der Waals surface area contributed by atoms with Gasteiger partial charge in [0, 0.05) is 19.4 Å². The van der Waals surface area contributed by atoms with Crippen LogP contribution in [-0.2, 0) is 0 Å². The molecule has 6 heteroatoms. The minimum absolute atomic E-state index is 0.0432. The SMILES string of the molecule is CN(c1ccncc1)N1C(=O)c2ccc(O)cc2C1=O. The summed E-state index contributed by atoms with van der Waals surface area (Å²) in [6, 6.07) is 7.53. The summed E-state index contributed by atoms with van der Waals surface area (Å²) in [5.74, 6) is -0.914. The van der Waals surface area contributed by atoms with Gasteiger partial charge in [0.1, 0.15) is 5.75 Å². The van der Waals surface area contributed by atoms with Crippen LogP contribution in [0.4, 0.5) is 5.69 Å². The van der Waals surface area contributed by atoms with Crippen LogP contribution in [0.2, 0.25) is 0 Å². The summed E-state index contributed by atoms with van der Waals surface area (Å²) >= 11 is 0. The lowest BCUT2D eigenvalue weighted by atomic mass is 10.1. The highest BCUT2D eigenvalue weighted by Crippen LogP contribution is 2.28. The van der Waals surface area contributed by atoms with Crippen LogP contribution in [0, 0.1) is 0 Å². The van der Waals surface area contributed by atoms with Crippen molar-refractivity contribution in [2.45, 2.75) is 0 Å². The molecule has 0 bridgehead atoms. The van der Waals surface area contributed by atoms with E-state index in [1.807, 2.05) is 0 Å². The largest absolute Gasteiger partial charge is 0.508 e. The fraction of sp³-hybridized carbons (Fsp3) is 0.0714. The summed E-state index contributed by atoms with van der Waals surface area (Å²) in [7, 11) is 1.62. The summed E-state index contributed by atoms with van der Waals surface area (Å²) in [6.07, 6.45) is 3.16. The highest BCUT2D eigenvalue weighted by Gasteiger charge is 2.38. The Morgan fingerprint density at radius 1 is 1.05 bits per heavy atom. The first-order chi connectivity index (χ1) is 9.59. The Balaban J connectivity index is 2.02. The molecule has 3 rings (SSSR count). The summed E-state index contributed by atoms with van der Waals surface area (Å²) in [4.78, 5) is 28.5. The summed E-state index contributed by atoms with van der Waals surface area (Å²) in [5, 5.41) is 11.9. The molecule has 100 valence electrons. The molecule has 0 atom stereocenters. The van der Waals surface area contributed by atoms with Gasteiger partial charge >= 0.3 is 0 Å². The minimum atomic E-state index is -0.458. The average molecular weight is 269 g/mol. The molecule has 2 heterocycles. The second kappa shape index (κ2) is 4.34. The first kappa shape index (κ1) is 12.2. The van der Waals surface area contributed by atoms with Crippen molar-refractivity contribution < 1.29 is 14.7 Å². The van der Waals surface area contributed by atoms with E-state index < -0.39 is 11.8 Å². The zero-order chi connectivity index (χ0) is 14.3. The number of aromatic nitrogens is 1. The van der Waals surface area contributed by atoms with Gasteiger partial charge in [-0.05, 0) is 30.3 Å². The van der Waals surface area contributed by atoms with Gasteiger partial charge in [-0.15, -0.1) is 0 Å². The molecule has 0 radical (unpaired) electrons. The fourth-order valence-corrected chi connectivity index (χ4v) is 2.16. The quantitative estimate of drug-likeness (QED) is 0.835. The number of benzene rings is 1. The fourth-order valence-electron chi connectivity index (χ4n) is 2.16. The zero-order valence-corrected chi connectivity index (χ0v) is 10.6. The van der Waals surface area contributed by atoms with Crippen LogP contribution in [0.15, 0.2) is 42.7 Å². The van der Waals surface area contributed by atoms with E-state index in [1.165, 1.54) is 23.2 Å². The molecular formula is C14H11N3O3. The number of carbonyl (C=O) groups excluding carboxylic acids is 2. The Morgan fingerprint density at radius 2 is 1.70 bits per heavy atom. The van der Waals surface area contributed by atoms with Crippen molar-refractivity contribution in [3.8, 4) is 5.75 Å². The van der Waals surface area contributed by atoms with Gasteiger partial charge in [0.2, 0.25) is 0 Å². The van der Waals surface area contributed by atoms with E-state index in [9.17, 15) is 14.7 Å². The van der Waals surface area contributed by atoms with E-state index in [1.54, 1.807) is 31.6 Å². The molecule has 1 aromatic carbocycles. The standard InChI is InChI=1S/C14H11N3O3/c1-16(9-4-6-15-7-5-9)17-13(19)11-3-2-10(18)8-12(11)14(17)20/h2-8,18H,1H3. The molecule has 0 aliphatic carbocycles. The summed E-state index contributed by atoms with van der Waals surface area (Å²) < 4.78 is 0. The van der Waals surface area contributed by atoms with Crippen LogP contribution < -0.4 is 5.01 Å². The Bertz CT molecular complexity index is 700. The topological polar surface area (TPSA) is 73.7 Å². The van der Waals surface area contributed by atoms with Crippen molar-refractivity contribution in [3.05, 3.63) is 53.9 Å².